The first-order chi connectivity index (χ1) is 9.99. The number of pyridine rings is 1. The van der Waals surface area contributed by atoms with E-state index < -0.39 is 11.9 Å². The number of benzene rings is 1. The van der Waals surface area contributed by atoms with E-state index in [1.165, 1.54) is 18.3 Å². The first kappa shape index (κ1) is 15.3. The van der Waals surface area contributed by atoms with Crippen molar-refractivity contribution in [3.63, 3.8) is 0 Å². The van der Waals surface area contributed by atoms with Gasteiger partial charge in [0.2, 0.25) is 0 Å². The Hall–Kier alpha value is -2.11. The van der Waals surface area contributed by atoms with E-state index in [9.17, 15) is 9.59 Å². The number of carboxylic acid groups (broad SMARTS) is 1. The summed E-state index contributed by atoms with van der Waals surface area (Å²) in [5.74, 6) is -1.46. The van der Waals surface area contributed by atoms with E-state index in [0.717, 1.165) is 0 Å². The lowest BCUT2D eigenvalue weighted by Gasteiger charge is -2.07. The van der Waals surface area contributed by atoms with Gasteiger partial charge in [-0.2, -0.15) is 0 Å². The SMILES string of the molecule is O=C(O)c1ccnc(CNC(=O)c2cccc(Cl)c2Cl)c1. The number of carbonyl (C=O) groups is 2. The number of hydrogen-bond acceptors (Lipinski definition) is 3. The Balaban J connectivity index is 2.09. The van der Waals surface area contributed by atoms with E-state index in [-0.39, 0.29) is 27.7 Å². The lowest BCUT2D eigenvalue weighted by atomic mass is 10.2. The van der Waals surface area contributed by atoms with Crippen molar-refractivity contribution < 1.29 is 14.7 Å². The highest BCUT2D eigenvalue weighted by molar-refractivity contribution is 6.43. The number of nitrogens with zero attached hydrogens (tertiary/aromatic N) is 1. The van der Waals surface area contributed by atoms with Crippen LogP contribution in [0.4, 0.5) is 0 Å². The molecule has 1 amide bonds. The van der Waals surface area contributed by atoms with Gasteiger partial charge in [0.1, 0.15) is 0 Å². The maximum atomic E-state index is 12.0. The predicted octanol–water partition coefficient (Wildman–Crippen LogP) is 3.02. The smallest absolute Gasteiger partial charge is 0.335 e. The van der Waals surface area contributed by atoms with E-state index in [0.29, 0.717) is 5.69 Å². The summed E-state index contributed by atoms with van der Waals surface area (Å²) in [6, 6.07) is 7.51. The number of rotatable bonds is 4. The molecule has 0 aliphatic rings. The maximum absolute atomic E-state index is 12.0. The number of carbonyl (C=O) groups excluding carboxylic acids is 1. The lowest BCUT2D eigenvalue weighted by Crippen LogP contribution is -2.23. The molecule has 1 aromatic heterocycles. The van der Waals surface area contributed by atoms with Crippen molar-refractivity contribution in [2.24, 2.45) is 0 Å². The standard InChI is InChI=1S/C14H10Cl2N2O3/c15-11-3-1-2-10(12(11)16)13(19)18-7-9-6-8(14(20)21)4-5-17-9/h1-6H,7H2,(H,18,19)(H,20,21). The van der Waals surface area contributed by atoms with E-state index in [1.54, 1.807) is 18.2 Å². The van der Waals surface area contributed by atoms with Crippen LogP contribution in [0.2, 0.25) is 10.0 Å². The predicted molar refractivity (Wildman–Crippen MR) is 78.8 cm³/mol. The van der Waals surface area contributed by atoms with Crippen LogP contribution in [0.1, 0.15) is 26.4 Å². The molecule has 0 saturated carbocycles. The van der Waals surface area contributed by atoms with E-state index in [4.69, 9.17) is 28.3 Å². The molecule has 0 aliphatic carbocycles. The highest BCUT2D eigenvalue weighted by Crippen LogP contribution is 2.25. The molecule has 0 atom stereocenters. The summed E-state index contributed by atoms with van der Waals surface area (Å²) in [7, 11) is 0. The average Bonchev–Trinajstić information content (AvgIpc) is 2.48. The number of carboxylic acids is 1. The van der Waals surface area contributed by atoms with Crippen LogP contribution in [-0.2, 0) is 6.54 Å². The largest absolute Gasteiger partial charge is 0.478 e. The van der Waals surface area contributed by atoms with Gasteiger partial charge in [-0.05, 0) is 24.3 Å². The highest BCUT2D eigenvalue weighted by Gasteiger charge is 2.12. The van der Waals surface area contributed by atoms with Crippen LogP contribution in [0.15, 0.2) is 36.5 Å². The van der Waals surface area contributed by atoms with Crippen LogP contribution in [0, 0.1) is 0 Å². The molecule has 21 heavy (non-hydrogen) atoms. The molecule has 2 N–H and O–H groups in total. The van der Waals surface area contributed by atoms with Crippen LogP contribution < -0.4 is 5.32 Å². The van der Waals surface area contributed by atoms with Gasteiger partial charge in [0.15, 0.2) is 0 Å². The minimum Gasteiger partial charge on any atom is -0.478 e. The Kier molecular flexibility index (Phi) is 4.77. The molecular weight excluding hydrogens is 315 g/mol. The zero-order valence-corrected chi connectivity index (χ0v) is 12.1. The molecule has 0 aliphatic heterocycles. The van der Waals surface area contributed by atoms with Gasteiger partial charge in [-0.3, -0.25) is 9.78 Å². The lowest BCUT2D eigenvalue weighted by molar-refractivity contribution is 0.0696. The number of amides is 1. The van der Waals surface area contributed by atoms with Gasteiger partial charge in [0, 0.05) is 6.20 Å². The van der Waals surface area contributed by atoms with Crippen molar-refractivity contribution in [3.8, 4) is 0 Å². The molecule has 0 fully saturated rings. The number of nitrogens with one attached hydrogen (secondary N) is 1. The first-order valence-electron chi connectivity index (χ1n) is 5.89. The summed E-state index contributed by atoms with van der Waals surface area (Å²) in [6.45, 7) is 0.0861. The third kappa shape index (κ3) is 3.71. The van der Waals surface area contributed by atoms with Gasteiger partial charge in [0.25, 0.3) is 5.91 Å². The van der Waals surface area contributed by atoms with Crippen molar-refractivity contribution in [1.29, 1.82) is 0 Å². The maximum Gasteiger partial charge on any atom is 0.335 e. The van der Waals surface area contributed by atoms with Gasteiger partial charge in [-0.25, -0.2) is 4.79 Å². The second kappa shape index (κ2) is 6.56. The number of aromatic nitrogens is 1. The summed E-state index contributed by atoms with van der Waals surface area (Å²) in [6.07, 6.45) is 1.37. The normalized spacial score (nSPS) is 10.2. The molecule has 2 rings (SSSR count). The molecule has 7 heteroatoms. The van der Waals surface area contributed by atoms with Gasteiger partial charge < -0.3 is 10.4 Å². The zero-order valence-electron chi connectivity index (χ0n) is 10.6. The van der Waals surface area contributed by atoms with Crippen molar-refractivity contribution in [2.45, 2.75) is 6.54 Å². The van der Waals surface area contributed by atoms with Crippen LogP contribution >= 0.6 is 23.2 Å². The van der Waals surface area contributed by atoms with E-state index >= 15 is 0 Å². The molecule has 0 radical (unpaired) electrons. The Labute approximate surface area is 130 Å². The van der Waals surface area contributed by atoms with Gasteiger partial charge in [-0.1, -0.05) is 29.3 Å². The summed E-state index contributed by atoms with van der Waals surface area (Å²) >= 11 is 11.8. The summed E-state index contributed by atoms with van der Waals surface area (Å²) in [5.41, 5.74) is 0.787. The second-order valence-corrected chi connectivity index (χ2v) is 4.91. The van der Waals surface area contributed by atoms with Crippen LogP contribution in [0.5, 0.6) is 0 Å². The molecule has 0 spiro atoms. The van der Waals surface area contributed by atoms with E-state index in [2.05, 4.69) is 10.3 Å². The summed E-state index contributed by atoms with van der Waals surface area (Å²) < 4.78 is 0. The van der Waals surface area contributed by atoms with Gasteiger partial charge in [0.05, 0.1) is 33.4 Å². The topological polar surface area (TPSA) is 79.3 Å². The summed E-state index contributed by atoms with van der Waals surface area (Å²) in [4.78, 5) is 26.8. The fourth-order valence-electron chi connectivity index (χ4n) is 1.65. The minimum absolute atomic E-state index is 0.0861. The van der Waals surface area contributed by atoms with Crippen molar-refractivity contribution >= 4 is 35.1 Å². The molecule has 0 saturated heterocycles. The third-order valence-corrected chi connectivity index (χ3v) is 3.51. The molecule has 0 bridgehead atoms. The van der Waals surface area contributed by atoms with Gasteiger partial charge >= 0.3 is 5.97 Å². The molecular formula is C14H10Cl2N2O3. The summed E-state index contributed by atoms with van der Waals surface area (Å²) in [5, 5.41) is 12.0. The quantitative estimate of drug-likeness (QED) is 0.906. The molecule has 1 aromatic carbocycles. The van der Waals surface area contributed by atoms with Crippen LogP contribution in [0.3, 0.4) is 0 Å². The van der Waals surface area contributed by atoms with E-state index in [1.807, 2.05) is 0 Å². The van der Waals surface area contributed by atoms with Gasteiger partial charge in [-0.15, -0.1) is 0 Å². The Bertz CT molecular complexity index is 704. The Morgan fingerprint density at radius 3 is 2.71 bits per heavy atom. The zero-order chi connectivity index (χ0) is 15.4. The fourth-order valence-corrected chi connectivity index (χ4v) is 2.04. The van der Waals surface area contributed by atoms with Crippen molar-refractivity contribution in [2.75, 3.05) is 0 Å². The number of hydrogen-bond donors (Lipinski definition) is 2. The fraction of sp³-hybridized carbons (Fsp3) is 0.0714. The second-order valence-electron chi connectivity index (χ2n) is 4.13. The number of halogens is 2. The molecule has 1 heterocycles. The minimum atomic E-state index is -1.05. The molecule has 2 aromatic rings. The van der Waals surface area contributed by atoms with Crippen molar-refractivity contribution in [3.05, 3.63) is 63.4 Å². The van der Waals surface area contributed by atoms with Crippen LogP contribution in [0.25, 0.3) is 0 Å². The molecule has 108 valence electrons. The Morgan fingerprint density at radius 1 is 1.24 bits per heavy atom. The third-order valence-electron chi connectivity index (χ3n) is 2.69. The monoisotopic (exact) mass is 324 g/mol. The molecule has 0 unspecified atom stereocenters. The van der Waals surface area contributed by atoms with Crippen molar-refractivity contribution in [1.82, 2.24) is 10.3 Å². The van der Waals surface area contributed by atoms with Crippen LogP contribution in [-0.4, -0.2) is 22.0 Å². The molecule has 5 nitrogen and oxygen atoms in total. The highest BCUT2D eigenvalue weighted by atomic mass is 35.5. The first-order valence-corrected chi connectivity index (χ1v) is 6.65. The Morgan fingerprint density at radius 2 is 2.00 bits per heavy atom. The average molecular weight is 325 g/mol. The number of aromatic carboxylic acids is 1.